The van der Waals surface area contributed by atoms with Gasteiger partial charge in [-0.1, -0.05) is 12.1 Å². The summed E-state index contributed by atoms with van der Waals surface area (Å²) >= 11 is 1.36. The third-order valence-electron chi connectivity index (χ3n) is 3.05. The molecule has 0 aliphatic rings. The van der Waals surface area contributed by atoms with Crippen LogP contribution in [0.15, 0.2) is 42.7 Å². The van der Waals surface area contributed by atoms with Gasteiger partial charge in [0.25, 0.3) is 5.91 Å². The number of nitrogens with zero attached hydrogens (tertiary/aromatic N) is 3. The summed E-state index contributed by atoms with van der Waals surface area (Å²) in [5, 5.41) is 9.90. The summed E-state index contributed by atoms with van der Waals surface area (Å²) in [7, 11) is 1.72. The molecular formula is C15H13N3O2S. The molecule has 1 N–H and O–H groups in total. The summed E-state index contributed by atoms with van der Waals surface area (Å²) in [5.41, 5.74) is 1.60. The van der Waals surface area contributed by atoms with Crippen LogP contribution in [0, 0.1) is 0 Å². The van der Waals surface area contributed by atoms with Crippen molar-refractivity contribution in [1.82, 2.24) is 14.9 Å². The quantitative estimate of drug-likeness (QED) is 0.807. The molecular weight excluding hydrogens is 286 g/mol. The Morgan fingerprint density at radius 2 is 2.24 bits per heavy atom. The first-order valence-corrected chi connectivity index (χ1v) is 7.19. The molecule has 2 heterocycles. The number of carbonyl (C=O) groups is 1. The minimum absolute atomic E-state index is 0.139. The smallest absolute Gasteiger partial charge is 0.282 e. The minimum Gasteiger partial charge on any atom is -0.508 e. The second-order valence-corrected chi connectivity index (χ2v) is 5.72. The maximum atomic E-state index is 12.4. The molecule has 0 atom stereocenters. The lowest BCUT2D eigenvalue weighted by Crippen LogP contribution is -2.26. The van der Waals surface area contributed by atoms with Crippen LogP contribution in [-0.2, 0) is 6.54 Å². The Hall–Kier alpha value is -2.47. The van der Waals surface area contributed by atoms with Gasteiger partial charge in [0.2, 0.25) is 0 Å². The molecule has 0 aliphatic carbocycles. The van der Waals surface area contributed by atoms with Gasteiger partial charge >= 0.3 is 0 Å². The zero-order valence-electron chi connectivity index (χ0n) is 11.4. The summed E-state index contributed by atoms with van der Waals surface area (Å²) in [6.07, 6.45) is 3.34. The Kier molecular flexibility index (Phi) is 3.53. The van der Waals surface area contributed by atoms with Gasteiger partial charge in [0.05, 0.1) is 10.9 Å². The molecule has 1 amide bonds. The first-order valence-electron chi connectivity index (χ1n) is 6.37. The molecule has 0 bridgehead atoms. The largest absolute Gasteiger partial charge is 0.508 e. The molecule has 21 heavy (non-hydrogen) atoms. The van der Waals surface area contributed by atoms with Gasteiger partial charge in [0.15, 0.2) is 5.01 Å². The number of hydrogen-bond acceptors (Lipinski definition) is 5. The van der Waals surface area contributed by atoms with Crippen LogP contribution < -0.4 is 0 Å². The van der Waals surface area contributed by atoms with Gasteiger partial charge in [0.1, 0.15) is 11.3 Å². The molecule has 0 aliphatic heterocycles. The zero-order valence-corrected chi connectivity index (χ0v) is 12.2. The average molecular weight is 299 g/mol. The molecule has 2 aromatic heterocycles. The van der Waals surface area contributed by atoms with Crippen molar-refractivity contribution in [3.05, 3.63) is 53.3 Å². The highest BCUT2D eigenvalue weighted by molar-refractivity contribution is 7.20. The van der Waals surface area contributed by atoms with Crippen molar-refractivity contribution in [1.29, 1.82) is 0 Å². The number of fused-ring (bicyclic) bond motifs is 1. The lowest BCUT2D eigenvalue weighted by molar-refractivity contribution is 0.0785. The number of hydrogen-bond donors (Lipinski definition) is 1. The van der Waals surface area contributed by atoms with E-state index in [0.29, 0.717) is 11.6 Å². The molecule has 0 radical (unpaired) electrons. The first kappa shape index (κ1) is 13.5. The Labute approximate surface area is 125 Å². The summed E-state index contributed by atoms with van der Waals surface area (Å²) < 4.78 is 0.944. The van der Waals surface area contributed by atoms with Crippen LogP contribution in [0.25, 0.3) is 10.2 Å². The number of carbonyl (C=O) groups excluding carboxylic acids is 1. The van der Waals surface area contributed by atoms with Gasteiger partial charge in [-0.2, -0.15) is 0 Å². The van der Waals surface area contributed by atoms with Gasteiger partial charge in [-0.05, 0) is 23.8 Å². The van der Waals surface area contributed by atoms with Crippen molar-refractivity contribution in [2.45, 2.75) is 6.54 Å². The summed E-state index contributed by atoms with van der Waals surface area (Å²) in [6, 6.07) is 8.72. The Morgan fingerprint density at radius 1 is 1.38 bits per heavy atom. The lowest BCUT2D eigenvalue weighted by atomic mass is 10.2. The molecule has 106 valence electrons. The lowest BCUT2D eigenvalue weighted by Gasteiger charge is -2.15. The molecule has 5 nitrogen and oxygen atoms in total. The van der Waals surface area contributed by atoms with E-state index in [1.807, 2.05) is 12.1 Å². The maximum Gasteiger partial charge on any atom is 0.282 e. The molecule has 0 saturated heterocycles. The van der Waals surface area contributed by atoms with Crippen LogP contribution in [0.1, 0.15) is 15.4 Å². The Balaban J connectivity index is 1.80. The van der Waals surface area contributed by atoms with E-state index in [1.165, 1.54) is 11.3 Å². The van der Waals surface area contributed by atoms with Gasteiger partial charge in [-0.15, -0.1) is 11.3 Å². The summed E-state index contributed by atoms with van der Waals surface area (Å²) in [5.74, 6) is 0.0546. The van der Waals surface area contributed by atoms with Crippen LogP contribution in [0.3, 0.4) is 0 Å². The second kappa shape index (κ2) is 5.49. The normalized spacial score (nSPS) is 10.7. The predicted octanol–water partition coefficient (Wildman–Crippen LogP) is 2.67. The van der Waals surface area contributed by atoms with E-state index in [0.717, 1.165) is 15.8 Å². The Morgan fingerprint density at radius 3 is 3.00 bits per heavy atom. The van der Waals surface area contributed by atoms with Gasteiger partial charge in [0, 0.05) is 19.8 Å². The molecule has 0 unspecified atom stereocenters. The van der Waals surface area contributed by atoms with E-state index in [-0.39, 0.29) is 11.7 Å². The number of aromatic hydroxyl groups is 1. The standard InChI is InChI=1S/C15H13N3O2S/c1-18(9-10-3-2-4-11(19)7-10)15(20)14-17-12-8-16-6-5-13(12)21-14/h2-8,19H,9H2,1H3. The van der Waals surface area contributed by atoms with E-state index in [9.17, 15) is 9.90 Å². The molecule has 3 aromatic rings. The summed E-state index contributed by atoms with van der Waals surface area (Å²) in [4.78, 5) is 22.3. The number of phenolic OH excluding ortho intramolecular Hbond substituents is 1. The Bertz CT molecular complexity index is 767. The topological polar surface area (TPSA) is 66.3 Å². The van der Waals surface area contributed by atoms with Gasteiger partial charge in [-0.3, -0.25) is 9.78 Å². The molecule has 1 aromatic carbocycles. The van der Waals surface area contributed by atoms with Crippen molar-refractivity contribution >= 4 is 27.5 Å². The van der Waals surface area contributed by atoms with Gasteiger partial charge in [-0.25, -0.2) is 4.98 Å². The number of benzene rings is 1. The van der Waals surface area contributed by atoms with Crippen LogP contribution >= 0.6 is 11.3 Å². The molecule has 0 spiro atoms. The van der Waals surface area contributed by atoms with E-state index < -0.39 is 0 Å². The van der Waals surface area contributed by atoms with Crippen molar-refractivity contribution in [2.75, 3.05) is 7.05 Å². The number of thiazole rings is 1. The third-order valence-corrected chi connectivity index (χ3v) is 4.07. The van der Waals surface area contributed by atoms with Crippen molar-refractivity contribution in [2.24, 2.45) is 0 Å². The SMILES string of the molecule is CN(Cc1cccc(O)c1)C(=O)c1nc2cnccc2s1. The highest BCUT2D eigenvalue weighted by Crippen LogP contribution is 2.22. The fourth-order valence-corrected chi connectivity index (χ4v) is 2.96. The second-order valence-electron chi connectivity index (χ2n) is 4.69. The maximum absolute atomic E-state index is 12.4. The molecule has 0 fully saturated rings. The van der Waals surface area contributed by atoms with E-state index in [2.05, 4.69) is 9.97 Å². The van der Waals surface area contributed by atoms with Crippen molar-refractivity contribution < 1.29 is 9.90 Å². The number of amides is 1. The highest BCUT2D eigenvalue weighted by Gasteiger charge is 2.17. The van der Waals surface area contributed by atoms with Gasteiger partial charge < -0.3 is 10.0 Å². The van der Waals surface area contributed by atoms with Crippen LogP contribution in [0.4, 0.5) is 0 Å². The van der Waals surface area contributed by atoms with Crippen molar-refractivity contribution in [3.63, 3.8) is 0 Å². The van der Waals surface area contributed by atoms with E-state index in [1.54, 1.807) is 42.5 Å². The third kappa shape index (κ3) is 2.85. The fourth-order valence-electron chi connectivity index (χ4n) is 2.04. The van der Waals surface area contributed by atoms with Crippen LogP contribution in [0.2, 0.25) is 0 Å². The molecule has 3 rings (SSSR count). The first-order chi connectivity index (χ1) is 10.1. The number of pyridine rings is 1. The molecule has 6 heteroatoms. The predicted molar refractivity (Wildman–Crippen MR) is 81.3 cm³/mol. The van der Waals surface area contributed by atoms with E-state index >= 15 is 0 Å². The minimum atomic E-state index is -0.139. The summed E-state index contributed by atoms with van der Waals surface area (Å²) in [6.45, 7) is 0.418. The van der Waals surface area contributed by atoms with Crippen LogP contribution in [-0.4, -0.2) is 32.9 Å². The molecule has 0 saturated carbocycles. The fraction of sp³-hybridized carbons (Fsp3) is 0.133. The van der Waals surface area contributed by atoms with Crippen molar-refractivity contribution in [3.8, 4) is 5.75 Å². The van der Waals surface area contributed by atoms with E-state index in [4.69, 9.17) is 0 Å². The zero-order chi connectivity index (χ0) is 14.8. The number of phenols is 1. The average Bonchev–Trinajstić information content (AvgIpc) is 2.90. The highest BCUT2D eigenvalue weighted by atomic mass is 32.1. The number of rotatable bonds is 3. The number of aromatic nitrogens is 2. The van der Waals surface area contributed by atoms with Crippen LogP contribution in [0.5, 0.6) is 5.75 Å². The monoisotopic (exact) mass is 299 g/mol.